The van der Waals surface area contributed by atoms with E-state index < -0.39 is 0 Å². The first kappa shape index (κ1) is 8.95. The lowest BCUT2D eigenvalue weighted by atomic mass is 10.5. The molecule has 0 aliphatic heterocycles. The Balaban J connectivity index is 0. The molecule has 0 unspecified atom stereocenters. The Labute approximate surface area is 37.6 Å². The summed E-state index contributed by atoms with van der Waals surface area (Å²) in [6.07, 6.45) is 1.10. The van der Waals surface area contributed by atoms with Crippen molar-refractivity contribution in [3.8, 4) is 0 Å². The van der Waals surface area contributed by atoms with Gasteiger partial charge >= 0.3 is 0 Å². The van der Waals surface area contributed by atoms with Crippen LogP contribution in [0.5, 0.6) is 0 Å². The van der Waals surface area contributed by atoms with Crippen LogP contribution in [0.3, 0.4) is 0 Å². The van der Waals surface area contributed by atoms with E-state index in [1.807, 2.05) is 0 Å². The van der Waals surface area contributed by atoms with Gasteiger partial charge in [0, 0.05) is 0 Å². The molecule has 0 amide bonds. The van der Waals surface area contributed by atoms with Gasteiger partial charge in [0.2, 0.25) is 0 Å². The molecule has 0 aromatic carbocycles. The van der Waals surface area contributed by atoms with Gasteiger partial charge in [-0.2, -0.15) is 0 Å². The summed E-state index contributed by atoms with van der Waals surface area (Å²) < 4.78 is 0. The van der Waals surface area contributed by atoms with Crippen molar-refractivity contribution in [2.24, 2.45) is 5.73 Å². The minimum atomic E-state index is 0. The largest absolute Gasteiger partial charge is 0.330 e. The molecule has 0 saturated heterocycles. The first-order valence-corrected chi connectivity index (χ1v) is 1.62. The molecule has 0 saturated carbocycles. The third-order valence-corrected chi connectivity index (χ3v) is 0.289. The van der Waals surface area contributed by atoms with Crippen LogP contribution in [0.1, 0.15) is 13.3 Å². The molecule has 1 nitrogen and oxygen atoms in total. The molecule has 0 aromatic rings. The molecular weight excluding hydrogens is 78.1 g/mol. The summed E-state index contributed by atoms with van der Waals surface area (Å²) in [5.41, 5.74) is 5.03. The minimum absolute atomic E-state index is 0. The summed E-state index contributed by atoms with van der Waals surface area (Å²) in [5, 5.41) is 0. The summed E-state index contributed by atoms with van der Waals surface area (Å²) in [6, 6.07) is 0. The van der Waals surface area contributed by atoms with Crippen LogP contribution in [0.25, 0.3) is 0 Å². The average molecular weight is 91.2 g/mol. The molecular formula is C3H13NSi. The second kappa shape index (κ2) is 8.90. The number of rotatable bonds is 1. The van der Waals surface area contributed by atoms with Crippen molar-refractivity contribution < 1.29 is 0 Å². The molecule has 0 aromatic heterocycles. The molecule has 0 aliphatic rings. The van der Waals surface area contributed by atoms with E-state index in [0.717, 1.165) is 13.0 Å². The average Bonchev–Trinajstić information content (AvgIpc) is 1.37. The molecule has 0 bridgehead atoms. The monoisotopic (exact) mass is 91.1 g/mol. The Bertz CT molecular complexity index is 8.85. The Kier molecular flexibility index (Phi) is 15.9. The van der Waals surface area contributed by atoms with Gasteiger partial charge in [0.25, 0.3) is 0 Å². The summed E-state index contributed by atoms with van der Waals surface area (Å²) in [6.45, 7) is 2.88. The Morgan fingerprint density at radius 2 is 1.80 bits per heavy atom. The molecule has 0 fully saturated rings. The lowest BCUT2D eigenvalue weighted by molar-refractivity contribution is 0.932. The first-order chi connectivity index (χ1) is 1.91. The van der Waals surface area contributed by atoms with E-state index in [2.05, 4.69) is 6.92 Å². The number of hydrogen-bond donors (Lipinski definition) is 1. The van der Waals surface area contributed by atoms with Crippen LogP contribution in [0, 0.1) is 0 Å². The standard InChI is InChI=1S/C3H9N.H4Si/c1-2-3-4;/h2-4H2,1H3;1H4. The predicted octanol–water partition coefficient (Wildman–Crippen LogP) is -1.10. The van der Waals surface area contributed by atoms with E-state index in [9.17, 15) is 0 Å². The van der Waals surface area contributed by atoms with Crippen molar-refractivity contribution in [3.05, 3.63) is 0 Å². The molecule has 34 valence electrons. The molecule has 5 heavy (non-hydrogen) atoms. The summed E-state index contributed by atoms with van der Waals surface area (Å²) >= 11 is 0. The highest BCUT2D eigenvalue weighted by Gasteiger charge is 1.55. The molecule has 0 radical (unpaired) electrons. The normalized spacial score (nSPS) is 6.00. The maximum atomic E-state index is 5.03. The molecule has 2 N–H and O–H groups in total. The zero-order valence-electron chi connectivity index (χ0n) is 2.99. The number of hydrogen-bond acceptors (Lipinski definition) is 1. The lowest BCUT2D eigenvalue weighted by Gasteiger charge is -1.70. The van der Waals surface area contributed by atoms with E-state index in [4.69, 9.17) is 5.73 Å². The van der Waals surface area contributed by atoms with Gasteiger partial charge in [-0.1, -0.05) is 6.92 Å². The molecule has 0 aliphatic carbocycles. The van der Waals surface area contributed by atoms with Gasteiger partial charge in [-0.15, -0.1) is 0 Å². The summed E-state index contributed by atoms with van der Waals surface area (Å²) in [5.74, 6) is 0. The van der Waals surface area contributed by atoms with Crippen LogP contribution in [0.2, 0.25) is 0 Å². The van der Waals surface area contributed by atoms with Crippen LogP contribution in [-0.2, 0) is 0 Å². The van der Waals surface area contributed by atoms with Crippen LogP contribution >= 0.6 is 0 Å². The Morgan fingerprint density at radius 3 is 1.80 bits per heavy atom. The minimum Gasteiger partial charge on any atom is -0.330 e. The van der Waals surface area contributed by atoms with Crippen molar-refractivity contribution in [2.45, 2.75) is 13.3 Å². The summed E-state index contributed by atoms with van der Waals surface area (Å²) in [7, 11) is 0. The van der Waals surface area contributed by atoms with Crippen LogP contribution in [0.4, 0.5) is 0 Å². The maximum absolute atomic E-state index is 5.03. The fourth-order valence-electron chi connectivity index (χ4n) is 0. The SMILES string of the molecule is CCCN.[SiH4]. The van der Waals surface area contributed by atoms with Crippen LogP contribution < -0.4 is 5.73 Å². The second-order valence-electron chi connectivity index (χ2n) is 0.789. The highest BCUT2D eigenvalue weighted by Crippen LogP contribution is 1.57. The Morgan fingerprint density at radius 1 is 1.60 bits per heavy atom. The van der Waals surface area contributed by atoms with Gasteiger partial charge in [-0.3, -0.25) is 0 Å². The van der Waals surface area contributed by atoms with Gasteiger partial charge in [-0.25, -0.2) is 0 Å². The predicted molar refractivity (Wildman–Crippen MR) is 30.7 cm³/mol. The van der Waals surface area contributed by atoms with Gasteiger partial charge in [0.05, 0.1) is 0 Å². The molecule has 2 heteroatoms. The van der Waals surface area contributed by atoms with Crippen molar-refractivity contribution in [1.29, 1.82) is 0 Å². The van der Waals surface area contributed by atoms with E-state index >= 15 is 0 Å². The molecule has 0 heterocycles. The molecule has 0 rings (SSSR count). The molecule has 0 spiro atoms. The topological polar surface area (TPSA) is 26.0 Å². The van der Waals surface area contributed by atoms with Gasteiger partial charge < -0.3 is 5.73 Å². The Hall–Kier alpha value is 0.177. The summed E-state index contributed by atoms with van der Waals surface area (Å²) in [4.78, 5) is 0. The zero-order valence-corrected chi connectivity index (χ0v) is 2.99. The highest BCUT2D eigenvalue weighted by atomic mass is 28.1. The van der Waals surface area contributed by atoms with Gasteiger partial charge in [0.1, 0.15) is 0 Å². The fourth-order valence-corrected chi connectivity index (χ4v) is 0. The first-order valence-electron chi connectivity index (χ1n) is 1.62. The van der Waals surface area contributed by atoms with Gasteiger partial charge in [-0.05, 0) is 23.9 Å². The fraction of sp³-hybridized carbons (Fsp3) is 1.00. The van der Waals surface area contributed by atoms with Crippen molar-refractivity contribution >= 4 is 11.0 Å². The second-order valence-corrected chi connectivity index (χ2v) is 0.789. The maximum Gasteiger partial charge on any atom is -0.00799 e. The van der Waals surface area contributed by atoms with Crippen molar-refractivity contribution in [2.75, 3.05) is 6.54 Å². The quantitative estimate of drug-likeness (QED) is 0.407. The van der Waals surface area contributed by atoms with E-state index in [-0.39, 0.29) is 11.0 Å². The third kappa shape index (κ3) is 14.3. The van der Waals surface area contributed by atoms with E-state index in [1.54, 1.807) is 0 Å². The van der Waals surface area contributed by atoms with Crippen LogP contribution in [-0.4, -0.2) is 17.5 Å². The van der Waals surface area contributed by atoms with E-state index in [1.165, 1.54) is 0 Å². The zero-order chi connectivity index (χ0) is 3.41. The van der Waals surface area contributed by atoms with Crippen molar-refractivity contribution in [1.82, 2.24) is 0 Å². The highest BCUT2D eigenvalue weighted by molar-refractivity contribution is 5.75. The molecule has 0 atom stereocenters. The lowest BCUT2D eigenvalue weighted by Crippen LogP contribution is -1.93. The van der Waals surface area contributed by atoms with Crippen LogP contribution in [0.15, 0.2) is 0 Å². The number of nitrogens with two attached hydrogens (primary N) is 1. The third-order valence-electron chi connectivity index (χ3n) is 0.289. The smallest absolute Gasteiger partial charge is 0.00799 e. The van der Waals surface area contributed by atoms with Crippen molar-refractivity contribution in [3.63, 3.8) is 0 Å². The van der Waals surface area contributed by atoms with E-state index in [0.29, 0.717) is 0 Å². The van der Waals surface area contributed by atoms with Gasteiger partial charge in [0.15, 0.2) is 0 Å².